The molecule has 108 valence electrons. The number of rotatable bonds is 4. The third-order valence-electron chi connectivity index (χ3n) is 2.71. The van der Waals surface area contributed by atoms with Crippen molar-refractivity contribution in [1.82, 2.24) is 19.9 Å². The highest BCUT2D eigenvalue weighted by Gasteiger charge is 2.13. The minimum atomic E-state index is 0.133. The van der Waals surface area contributed by atoms with Crippen LogP contribution in [0.2, 0.25) is 0 Å². The Kier molecular flexibility index (Phi) is 3.89. The summed E-state index contributed by atoms with van der Waals surface area (Å²) in [5.74, 6) is 0.504. The molecule has 0 saturated carbocycles. The van der Waals surface area contributed by atoms with Crippen molar-refractivity contribution in [2.45, 2.75) is 11.1 Å². The maximum absolute atomic E-state index is 5.65. The topological polar surface area (TPSA) is 86.8 Å². The molecule has 0 unspecified atom stereocenters. The third kappa shape index (κ3) is 2.77. The molecular formula is C13H13N5OS2. The van der Waals surface area contributed by atoms with Crippen molar-refractivity contribution in [3.8, 4) is 16.5 Å². The largest absolute Gasteiger partial charge is 0.476 e. The van der Waals surface area contributed by atoms with Crippen LogP contribution in [0.15, 0.2) is 22.5 Å². The van der Waals surface area contributed by atoms with Crippen LogP contribution in [0.4, 0.5) is 5.95 Å². The summed E-state index contributed by atoms with van der Waals surface area (Å²) in [6, 6.07) is 4.10. The zero-order valence-electron chi connectivity index (χ0n) is 11.5. The Morgan fingerprint density at radius 1 is 1.29 bits per heavy atom. The molecule has 2 N–H and O–H groups in total. The van der Waals surface area contributed by atoms with E-state index < -0.39 is 0 Å². The van der Waals surface area contributed by atoms with Gasteiger partial charge in [-0.05, 0) is 25.3 Å². The molecule has 0 aromatic carbocycles. The normalized spacial score (nSPS) is 11.0. The van der Waals surface area contributed by atoms with Crippen LogP contribution in [0.25, 0.3) is 21.7 Å². The number of thioether (sulfide) groups is 1. The number of nitrogens with zero attached hydrogens (tertiary/aromatic N) is 4. The molecule has 0 spiro atoms. The van der Waals surface area contributed by atoms with Crippen LogP contribution in [0, 0.1) is 0 Å². The first-order chi connectivity index (χ1) is 10.2. The summed E-state index contributed by atoms with van der Waals surface area (Å²) in [6.45, 7) is 2.36. The van der Waals surface area contributed by atoms with Crippen molar-refractivity contribution in [3.05, 3.63) is 18.3 Å². The van der Waals surface area contributed by atoms with Gasteiger partial charge in [-0.2, -0.15) is 9.97 Å². The van der Waals surface area contributed by atoms with Gasteiger partial charge < -0.3 is 10.5 Å². The molecule has 0 aliphatic rings. The fourth-order valence-electron chi connectivity index (χ4n) is 1.82. The molecule has 3 aromatic heterocycles. The van der Waals surface area contributed by atoms with E-state index in [4.69, 9.17) is 10.5 Å². The number of nitrogen functional groups attached to an aromatic ring is 1. The Hall–Kier alpha value is -1.93. The van der Waals surface area contributed by atoms with E-state index in [2.05, 4.69) is 26.0 Å². The van der Waals surface area contributed by atoms with Gasteiger partial charge >= 0.3 is 0 Å². The van der Waals surface area contributed by atoms with Gasteiger partial charge in [0.2, 0.25) is 11.8 Å². The Morgan fingerprint density at radius 2 is 2.14 bits per heavy atom. The molecule has 0 saturated heterocycles. The van der Waals surface area contributed by atoms with Crippen LogP contribution in [-0.4, -0.2) is 32.8 Å². The number of ether oxygens (including phenoxy) is 1. The second-order valence-corrected chi connectivity index (χ2v) is 6.26. The molecule has 0 aliphatic carbocycles. The van der Waals surface area contributed by atoms with Crippen LogP contribution in [0.1, 0.15) is 6.92 Å². The summed E-state index contributed by atoms with van der Waals surface area (Å²) in [7, 11) is 0. The maximum Gasteiger partial charge on any atom is 0.247 e. The molecule has 0 radical (unpaired) electrons. The maximum atomic E-state index is 5.65. The van der Waals surface area contributed by atoms with E-state index in [0.717, 1.165) is 10.6 Å². The van der Waals surface area contributed by atoms with E-state index in [1.54, 1.807) is 29.3 Å². The fraction of sp³-hybridized carbons (Fsp3) is 0.231. The second-order valence-electron chi connectivity index (χ2n) is 4.07. The fourth-order valence-corrected chi connectivity index (χ4v) is 3.32. The van der Waals surface area contributed by atoms with Crippen molar-refractivity contribution in [1.29, 1.82) is 0 Å². The third-order valence-corrected chi connectivity index (χ3v) is 4.90. The Morgan fingerprint density at radius 3 is 2.86 bits per heavy atom. The molecule has 0 amide bonds. The van der Waals surface area contributed by atoms with Gasteiger partial charge in [0.05, 0.1) is 27.6 Å². The molecule has 0 bridgehead atoms. The number of aromatic nitrogens is 4. The molecule has 3 aromatic rings. The minimum Gasteiger partial charge on any atom is -0.476 e. The second kappa shape index (κ2) is 5.82. The van der Waals surface area contributed by atoms with Crippen molar-refractivity contribution < 1.29 is 4.74 Å². The SMILES string of the molecule is CCOc1nc(N)nc2ncc(-c3ccc(SC)s3)nc12. The van der Waals surface area contributed by atoms with E-state index in [1.807, 2.05) is 19.2 Å². The van der Waals surface area contributed by atoms with E-state index in [0.29, 0.717) is 23.7 Å². The molecule has 3 heterocycles. The van der Waals surface area contributed by atoms with E-state index in [1.165, 1.54) is 4.21 Å². The lowest BCUT2D eigenvalue weighted by atomic mass is 10.3. The van der Waals surface area contributed by atoms with Gasteiger partial charge in [0.25, 0.3) is 0 Å². The van der Waals surface area contributed by atoms with Crippen LogP contribution >= 0.6 is 23.1 Å². The summed E-state index contributed by atoms with van der Waals surface area (Å²) in [4.78, 5) is 18.1. The molecule has 0 aliphatic heterocycles. The Balaban J connectivity index is 2.13. The summed E-state index contributed by atoms with van der Waals surface area (Å²) in [6.07, 6.45) is 3.74. The van der Waals surface area contributed by atoms with Crippen molar-refractivity contribution in [2.75, 3.05) is 18.6 Å². The van der Waals surface area contributed by atoms with Gasteiger partial charge in [-0.3, -0.25) is 0 Å². The first kappa shape index (κ1) is 14.0. The molecule has 3 rings (SSSR count). The zero-order chi connectivity index (χ0) is 14.8. The van der Waals surface area contributed by atoms with Gasteiger partial charge in [-0.1, -0.05) is 0 Å². The van der Waals surface area contributed by atoms with Gasteiger partial charge in [0.15, 0.2) is 11.2 Å². The van der Waals surface area contributed by atoms with Gasteiger partial charge in [0, 0.05) is 0 Å². The van der Waals surface area contributed by atoms with Crippen LogP contribution in [0.5, 0.6) is 5.88 Å². The lowest BCUT2D eigenvalue weighted by Gasteiger charge is -2.06. The van der Waals surface area contributed by atoms with Crippen LogP contribution in [-0.2, 0) is 0 Å². The van der Waals surface area contributed by atoms with Crippen molar-refractivity contribution in [3.63, 3.8) is 0 Å². The van der Waals surface area contributed by atoms with E-state index >= 15 is 0 Å². The van der Waals surface area contributed by atoms with Gasteiger partial charge in [-0.15, -0.1) is 23.1 Å². The van der Waals surface area contributed by atoms with Gasteiger partial charge in [-0.25, -0.2) is 9.97 Å². The average molecular weight is 319 g/mol. The lowest BCUT2D eigenvalue weighted by Crippen LogP contribution is -2.03. The summed E-state index contributed by atoms with van der Waals surface area (Å²) < 4.78 is 6.71. The predicted molar refractivity (Wildman–Crippen MR) is 85.8 cm³/mol. The van der Waals surface area contributed by atoms with E-state index in [-0.39, 0.29) is 5.95 Å². The zero-order valence-corrected chi connectivity index (χ0v) is 13.2. The average Bonchev–Trinajstić information content (AvgIpc) is 2.96. The summed E-state index contributed by atoms with van der Waals surface area (Å²) in [5, 5.41) is 0. The van der Waals surface area contributed by atoms with Crippen molar-refractivity contribution in [2.24, 2.45) is 0 Å². The number of hydrogen-bond acceptors (Lipinski definition) is 8. The number of hydrogen-bond donors (Lipinski definition) is 1. The highest BCUT2D eigenvalue weighted by Crippen LogP contribution is 2.32. The molecule has 0 atom stereocenters. The predicted octanol–water partition coefficient (Wildman–Crippen LogP) is 2.85. The number of thiophene rings is 1. The van der Waals surface area contributed by atoms with Crippen molar-refractivity contribution >= 4 is 40.2 Å². The van der Waals surface area contributed by atoms with Crippen LogP contribution < -0.4 is 10.5 Å². The number of anilines is 1. The number of fused-ring (bicyclic) bond motifs is 1. The first-order valence-electron chi connectivity index (χ1n) is 6.28. The van der Waals surface area contributed by atoms with Gasteiger partial charge in [0.1, 0.15) is 0 Å². The lowest BCUT2D eigenvalue weighted by molar-refractivity contribution is 0.330. The quantitative estimate of drug-likeness (QED) is 0.740. The monoisotopic (exact) mass is 319 g/mol. The molecule has 8 heteroatoms. The standard InChI is InChI=1S/C13H13N5OS2/c1-3-19-12-10-11(17-13(14)18-12)15-6-7(16-10)8-4-5-9(20-2)21-8/h4-6H,3H2,1-2H3,(H2,14,15,17,18). The first-order valence-corrected chi connectivity index (χ1v) is 8.32. The minimum absolute atomic E-state index is 0.133. The van der Waals surface area contributed by atoms with Crippen LogP contribution in [0.3, 0.4) is 0 Å². The summed E-state index contributed by atoms with van der Waals surface area (Å²) in [5.41, 5.74) is 7.41. The highest BCUT2D eigenvalue weighted by molar-refractivity contribution is 8.00. The van der Waals surface area contributed by atoms with E-state index in [9.17, 15) is 0 Å². The smallest absolute Gasteiger partial charge is 0.247 e. The molecule has 0 fully saturated rings. The number of nitrogens with two attached hydrogens (primary N) is 1. The Labute approximate surface area is 129 Å². The Bertz CT molecular complexity index is 789. The highest BCUT2D eigenvalue weighted by atomic mass is 32.2. The molecular weight excluding hydrogens is 306 g/mol. The molecule has 6 nitrogen and oxygen atoms in total. The molecule has 21 heavy (non-hydrogen) atoms. The summed E-state index contributed by atoms with van der Waals surface area (Å²) >= 11 is 3.38.